The zero-order valence-electron chi connectivity index (χ0n) is 12.4. The van der Waals surface area contributed by atoms with Gasteiger partial charge in [0.1, 0.15) is 5.82 Å². The standard InChI is InChI=1S/C16H22N4/c1-4-20(12-15-7-5-6-13(2)19-15)16-9-8-14(10-17-3)11-18-16/h5-9,11,17H,4,10,12H2,1-3H3. The zero-order valence-corrected chi connectivity index (χ0v) is 12.4. The van der Waals surface area contributed by atoms with E-state index in [0.29, 0.717) is 0 Å². The van der Waals surface area contributed by atoms with Crippen LogP contribution in [0, 0.1) is 6.92 Å². The van der Waals surface area contributed by atoms with Gasteiger partial charge in [-0.2, -0.15) is 0 Å². The normalized spacial score (nSPS) is 10.6. The van der Waals surface area contributed by atoms with Crippen LogP contribution in [0.15, 0.2) is 36.5 Å². The van der Waals surface area contributed by atoms with Crippen molar-refractivity contribution in [2.75, 3.05) is 18.5 Å². The van der Waals surface area contributed by atoms with E-state index >= 15 is 0 Å². The zero-order chi connectivity index (χ0) is 14.4. The lowest BCUT2D eigenvalue weighted by atomic mass is 10.2. The molecule has 0 radical (unpaired) electrons. The molecule has 2 aromatic rings. The van der Waals surface area contributed by atoms with Crippen molar-refractivity contribution >= 4 is 5.82 Å². The van der Waals surface area contributed by atoms with Gasteiger partial charge < -0.3 is 10.2 Å². The summed E-state index contributed by atoms with van der Waals surface area (Å²) in [5, 5.41) is 3.13. The first-order chi connectivity index (χ1) is 9.72. The van der Waals surface area contributed by atoms with Gasteiger partial charge in [0.25, 0.3) is 0 Å². The fourth-order valence-corrected chi connectivity index (χ4v) is 2.15. The maximum absolute atomic E-state index is 4.55. The molecule has 1 N–H and O–H groups in total. The Labute approximate surface area is 120 Å². The third kappa shape index (κ3) is 3.78. The molecule has 0 amide bonds. The Balaban J connectivity index is 2.11. The summed E-state index contributed by atoms with van der Waals surface area (Å²) in [6, 6.07) is 10.3. The van der Waals surface area contributed by atoms with Gasteiger partial charge in [-0.3, -0.25) is 4.98 Å². The second-order valence-electron chi connectivity index (χ2n) is 4.84. The van der Waals surface area contributed by atoms with Crippen LogP contribution >= 0.6 is 0 Å². The van der Waals surface area contributed by atoms with Crippen molar-refractivity contribution in [1.29, 1.82) is 0 Å². The maximum atomic E-state index is 4.55. The van der Waals surface area contributed by atoms with Crippen molar-refractivity contribution in [3.8, 4) is 0 Å². The van der Waals surface area contributed by atoms with Gasteiger partial charge in [-0.25, -0.2) is 4.98 Å². The Morgan fingerprint density at radius 3 is 2.65 bits per heavy atom. The van der Waals surface area contributed by atoms with Crippen LogP contribution < -0.4 is 10.2 Å². The first kappa shape index (κ1) is 14.5. The molecule has 0 spiro atoms. The van der Waals surface area contributed by atoms with E-state index in [4.69, 9.17) is 0 Å². The molecular formula is C16H22N4. The summed E-state index contributed by atoms with van der Waals surface area (Å²) in [5.41, 5.74) is 3.32. The van der Waals surface area contributed by atoms with Gasteiger partial charge >= 0.3 is 0 Å². The molecule has 2 heterocycles. The van der Waals surface area contributed by atoms with Crippen molar-refractivity contribution < 1.29 is 0 Å². The first-order valence-electron chi connectivity index (χ1n) is 7.00. The van der Waals surface area contributed by atoms with Crippen molar-refractivity contribution in [3.05, 3.63) is 53.5 Å². The largest absolute Gasteiger partial charge is 0.351 e. The second-order valence-corrected chi connectivity index (χ2v) is 4.84. The summed E-state index contributed by atoms with van der Waals surface area (Å²) in [6.07, 6.45) is 1.93. The number of nitrogens with zero attached hydrogens (tertiary/aromatic N) is 3. The molecule has 0 fully saturated rings. The number of anilines is 1. The Kier molecular flexibility index (Phi) is 5.07. The van der Waals surface area contributed by atoms with Crippen LogP contribution in [0.4, 0.5) is 5.82 Å². The lowest BCUT2D eigenvalue weighted by Gasteiger charge is -2.21. The molecule has 20 heavy (non-hydrogen) atoms. The highest BCUT2D eigenvalue weighted by molar-refractivity contribution is 5.39. The number of nitrogens with one attached hydrogen (secondary N) is 1. The smallest absolute Gasteiger partial charge is 0.128 e. The number of hydrogen-bond donors (Lipinski definition) is 1. The maximum Gasteiger partial charge on any atom is 0.128 e. The molecule has 106 valence electrons. The van der Waals surface area contributed by atoms with Crippen LogP contribution in [0.1, 0.15) is 23.9 Å². The molecular weight excluding hydrogens is 248 g/mol. The van der Waals surface area contributed by atoms with Gasteiger partial charge in [-0.15, -0.1) is 0 Å². The van der Waals surface area contributed by atoms with Crippen LogP contribution in [0.2, 0.25) is 0 Å². The van der Waals surface area contributed by atoms with Gasteiger partial charge in [0.05, 0.1) is 12.2 Å². The van der Waals surface area contributed by atoms with E-state index in [-0.39, 0.29) is 0 Å². The minimum absolute atomic E-state index is 0.788. The molecule has 0 atom stereocenters. The molecule has 0 aliphatic heterocycles. The van der Waals surface area contributed by atoms with Crippen molar-refractivity contribution in [2.45, 2.75) is 26.9 Å². The van der Waals surface area contributed by atoms with Crippen molar-refractivity contribution in [2.24, 2.45) is 0 Å². The Morgan fingerprint density at radius 2 is 2.05 bits per heavy atom. The van der Waals surface area contributed by atoms with Crippen LogP contribution in [0.25, 0.3) is 0 Å². The number of aromatic nitrogens is 2. The predicted molar refractivity (Wildman–Crippen MR) is 82.7 cm³/mol. The molecule has 2 aromatic heterocycles. The molecule has 2 rings (SSSR count). The van der Waals surface area contributed by atoms with Gasteiger partial charge in [0, 0.05) is 25.0 Å². The van der Waals surface area contributed by atoms with E-state index in [1.165, 1.54) is 5.56 Å². The highest BCUT2D eigenvalue weighted by Gasteiger charge is 2.07. The van der Waals surface area contributed by atoms with Crippen molar-refractivity contribution in [3.63, 3.8) is 0 Å². The SMILES string of the molecule is CCN(Cc1cccc(C)n1)c1ccc(CNC)cn1. The summed E-state index contributed by atoms with van der Waals surface area (Å²) in [4.78, 5) is 11.3. The van der Waals surface area contributed by atoms with E-state index in [0.717, 1.165) is 36.8 Å². The molecule has 0 aliphatic carbocycles. The van der Waals surface area contributed by atoms with Gasteiger partial charge in [-0.05, 0) is 44.7 Å². The topological polar surface area (TPSA) is 41.1 Å². The summed E-state index contributed by atoms with van der Waals surface area (Å²) in [7, 11) is 1.94. The van der Waals surface area contributed by atoms with Gasteiger partial charge in [0.2, 0.25) is 0 Å². The molecule has 0 aromatic carbocycles. The lowest BCUT2D eigenvalue weighted by molar-refractivity contribution is 0.782. The predicted octanol–water partition coefficient (Wildman–Crippen LogP) is 2.53. The molecule has 4 heteroatoms. The van der Waals surface area contributed by atoms with Crippen LogP contribution in [-0.2, 0) is 13.1 Å². The van der Waals surface area contributed by atoms with Gasteiger partial charge in [0.15, 0.2) is 0 Å². The average Bonchev–Trinajstić information content (AvgIpc) is 2.46. The molecule has 0 saturated heterocycles. The third-order valence-corrected chi connectivity index (χ3v) is 3.19. The van der Waals surface area contributed by atoms with Crippen LogP contribution in [-0.4, -0.2) is 23.6 Å². The Hall–Kier alpha value is -1.94. The summed E-state index contributed by atoms with van der Waals surface area (Å²) in [5.74, 6) is 0.996. The summed E-state index contributed by atoms with van der Waals surface area (Å²) in [6.45, 7) is 6.70. The molecule has 0 bridgehead atoms. The van der Waals surface area contributed by atoms with E-state index in [1.54, 1.807) is 0 Å². The molecule has 0 aliphatic rings. The summed E-state index contributed by atoms with van der Waals surface area (Å²) >= 11 is 0. The highest BCUT2D eigenvalue weighted by atomic mass is 15.2. The molecule has 0 unspecified atom stereocenters. The van der Waals surface area contributed by atoms with E-state index in [1.807, 2.05) is 26.2 Å². The second kappa shape index (κ2) is 7.01. The summed E-state index contributed by atoms with van der Waals surface area (Å²) < 4.78 is 0. The van der Waals surface area contributed by atoms with E-state index in [9.17, 15) is 0 Å². The molecule has 4 nitrogen and oxygen atoms in total. The minimum Gasteiger partial charge on any atom is -0.351 e. The number of aryl methyl sites for hydroxylation is 1. The highest BCUT2D eigenvalue weighted by Crippen LogP contribution is 2.14. The van der Waals surface area contributed by atoms with Crippen LogP contribution in [0.3, 0.4) is 0 Å². The minimum atomic E-state index is 0.788. The fourth-order valence-electron chi connectivity index (χ4n) is 2.15. The fraction of sp³-hybridized carbons (Fsp3) is 0.375. The Morgan fingerprint density at radius 1 is 1.20 bits per heavy atom. The van der Waals surface area contributed by atoms with Gasteiger partial charge in [-0.1, -0.05) is 12.1 Å². The number of hydrogen-bond acceptors (Lipinski definition) is 4. The van der Waals surface area contributed by atoms with E-state index in [2.05, 4.69) is 51.4 Å². The first-order valence-corrected chi connectivity index (χ1v) is 7.00. The van der Waals surface area contributed by atoms with Crippen LogP contribution in [0.5, 0.6) is 0 Å². The number of rotatable bonds is 6. The van der Waals surface area contributed by atoms with E-state index < -0.39 is 0 Å². The quantitative estimate of drug-likeness (QED) is 0.876. The molecule has 0 saturated carbocycles. The van der Waals surface area contributed by atoms with Crippen molar-refractivity contribution in [1.82, 2.24) is 15.3 Å². The lowest BCUT2D eigenvalue weighted by Crippen LogP contribution is -2.23. The average molecular weight is 270 g/mol. The third-order valence-electron chi connectivity index (χ3n) is 3.19. The monoisotopic (exact) mass is 270 g/mol. The Bertz CT molecular complexity index is 536. The number of pyridine rings is 2.